The van der Waals surface area contributed by atoms with Crippen LogP contribution in [0.3, 0.4) is 0 Å². The summed E-state index contributed by atoms with van der Waals surface area (Å²) in [4.78, 5) is 14.7. The van der Waals surface area contributed by atoms with E-state index in [4.69, 9.17) is 0 Å². The molecule has 1 atom stereocenters. The molecule has 24 heavy (non-hydrogen) atoms. The first kappa shape index (κ1) is 17.9. The maximum Gasteiger partial charge on any atom is 0.252 e. The van der Waals surface area contributed by atoms with Gasteiger partial charge in [-0.25, -0.2) is 8.42 Å². The van der Waals surface area contributed by atoms with Gasteiger partial charge in [-0.15, -0.1) is 11.3 Å². The van der Waals surface area contributed by atoms with Crippen LogP contribution < -0.4 is 0 Å². The number of carbonyl (C=O) groups is 1. The van der Waals surface area contributed by atoms with Crippen molar-refractivity contribution < 1.29 is 13.2 Å². The Hall–Kier alpha value is -0.920. The Balaban J connectivity index is 1.57. The second-order valence-electron chi connectivity index (χ2n) is 6.85. The maximum absolute atomic E-state index is 12.7. The summed E-state index contributed by atoms with van der Waals surface area (Å²) in [6.07, 6.45) is 4.97. The van der Waals surface area contributed by atoms with Crippen molar-refractivity contribution in [2.75, 3.05) is 26.2 Å². The number of piperidine rings is 2. The Morgan fingerprint density at radius 2 is 1.83 bits per heavy atom. The first-order valence-electron chi connectivity index (χ1n) is 8.82. The molecule has 2 aliphatic heterocycles. The van der Waals surface area contributed by atoms with Crippen molar-refractivity contribution in [3.05, 3.63) is 17.5 Å². The Morgan fingerprint density at radius 3 is 2.42 bits per heavy atom. The molecule has 0 unspecified atom stereocenters. The molecule has 134 valence electrons. The Labute approximate surface area is 148 Å². The molecule has 0 N–H and O–H groups in total. The lowest BCUT2D eigenvalue weighted by Crippen LogP contribution is -2.44. The van der Waals surface area contributed by atoms with Crippen LogP contribution in [0.25, 0.3) is 0 Å². The fraction of sp³-hybridized carbons (Fsp3) is 0.706. The van der Waals surface area contributed by atoms with E-state index in [0.717, 1.165) is 38.8 Å². The summed E-state index contributed by atoms with van der Waals surface area (Å²) in [7, 11) is -3.35. The fourth-order valence-electron chi connectivity index (χ4n) is 3.76. The molecule has 0 aliphatic carbocycles. The number of carbonyl (C=O) groups excluding carboxylic acids is 1. The van der Waals surface area contributed by atoms with Gasteiger partial charge >= 0.3 is 0 Å². The quantitative estimate of drug-likeness (QED) is 0.819. The standard InChI is InChI=1S/C17H26N2O3S2/c1-14(17(20)18-9-3-2-4-10-18)15-7-11-19(12-8-15)24(21,22)16-6-5-13-23-16/h5-6,13-15H,2-4,7-12H2,1H3/t14-/m1/s1. The van der Waals surface area contributed by atoms with Crippen LogP contribution in [0.5, 0.6) is 0 Å². The van der Waals surface area contributed by atoms with Crippen LogP contribution in [0.1, 0.15) is 39.0 Å². The molecule has 0 spiro atoms. The van der Waals surface area contributed by atoms with E-state index in [1.165, 1.54) is 17.8 Å². The lowest BCUT2D eigenvalue weighted by atomic mass is 9.85. The average Bonchev–Trinajstić information content (AvgIpc) is 3.17. The fourth-order valence-corrected chi connectivity index (χ4v) is 6.37. The predicted molar refractivity (Wildman–Crippen MR) is 95.4 cm³/mol. The highest BCUT2D eigenvalue weighted by atomic mass is 32.2. The van der Waals surface area contributed by atoms with Gasteiger partial charge in [-0.05, 0) is 49.5 Å². The molecule has 0 bridgehead atoms. The summed E-state index contributed by atoms with van der Waals surface area (Å²) in [6, 6.07) is 3.43. The molecule has 3 heterocycles. The molecule has 0 saturated carbocycles. The molecule has 2 saturated heterocycles. The van der Waals surface area contributed by atoms with Gasteiger partial charge in [0.15, 0.2) is 0 Å². The van der Waals surface area contributed by atoms with Crippen molar-refractivity contribution in [2.24, 2.45) is 11.8 Å². The smallest absolute Gasteiger partial charge is 0.252 e. The number of amides is 1. The molecule has 1 amide bonds. The molecule has 0 radical (unpaired) electrons. The van der Waals surface area contributed by atoms with Gasteiger partial charge in [0, 0.05) is 32.1 Å². The summed E-state index contributed by atoms with van der Waals surface area (Å²) in [5.41, 5.74) is 0. The van der Waals surface area contributed by atoms with Crippen LogP contribution in [-0.2, 0) is 14.8 Å². The second kappa shape index (κ2) is 7.54. The number of hydrogen-bond donors (Lipinski definition) is 0. The first-order valence-corrected chi connectivity index (χ1v) is 11.1. The van der Waals surface area contributed by atoms with Gasteiger partial charge in [0.05, 0.1) is 0 Å². The highest BCUT2D eigenvalue weighted by Gasteiger charge is 2.35. The lowest BCUT2D eigenvalue weighted by Gasteiger charge is -2.36. The predicted octanol–water partition coefficient (Wildman–Crippen LogP) is 2.80. The lowest BCUT2D eigenvalue weighted by molar-refractivity contribution is -0.138. The normalized spacial score (nSPS) is 22.5. The topological polar surface area (TPSA) is 57.7 Å². The van der Waals surface area contributed by atoms with Gasteiger partial charge in [0.1, 0.15) is 4.21 Å². The zero-order valence-corrected chi connectivity index (χ0v) is 15.8. The molecule has 1 aromatic rings. The number of nitrogens with zero attached hydrogens (tertiary/aromatic N) is 2. The van der Waals surface area contributed by atoms with Crippen molar-refractivity contribution in [3.63, 3.8) is 0 Å². The molecule has 2 fully saturated rings. The van der Waals surface area contributed by atoms with Crippen molar-refractivity contribution in [2.45, 2.75) is 43.2 Å². The Kier molecular flexibility index (Phi) is 5.62. The van der Waals surface area contributed by atoms with Crippen LogP contribution in [-0.4, -0.2) is 49.7 Å². The summed E-state index contributed by atoms with van der Waals surface area (Å²) >= 11 is 1.26. The number of rotatable bonds is 4. The minimum absolute atomic E-state index is 0.00491. The van der Waals surface area contributed by atoms with Gasteiger partial charge in [-0.1, -0.05) is 13.0 Å². The van der Waals surface area contributed by atoms with Crippen LogP contribution in [0, 0.1) is 11.8 Å². The molecule has 3 rings (SSSR count). The minimum Gasteiger partial charge on any atom is -0.342 e. The van der Waals surface area contributed by atoms with E-state index in [1.807, 2.05) is 11.8 Å². The third-order valence-electron chi connectivity index (χ3n) is 5.35. The van der Waals surface area contributed by atoms with Gasteiger partial charge in [0.2, 0.25) is 5.91 Å². The maximum atomic E-state index is 12.7. The molecular weight excluding hydrogens is 344 g/mol. The largest absolute Gasteiger partial charge is 0.342 e. The van der Waals surface area contributed by atoms with Gasteiger partial charge in [-0.2, -0.15) is 4.31 Å². The Bertz CT molecular complexity index is 643. The van der Waals surface area contributed by atoms with Crippen molar-refractivity contribution in [3.8, 4) is 0 Å². The molecule has 0 aromatic carbocycles. The minimum atomic E-state index is -3.35. The first-order chi connectivity index (χ1) is 11.5. The summed E-state index contributed by atoms with van der Waals surface area (Å²) in [6.45, 7) is 4.82. The van der Waals surface area contributed by atoms with Crippen molar-refractivity contribution in [1.82, 2.24) is 9.21 Å². The van der Waals surface area contributed by atoms with E-state index in [-0.39, 0.29) is 17.7 Å². The second-order valence-corrected chi connectivity index (χ2v) is 9.96. The molecular formula is C17H26N2O3S2. The molecule has 1 aromatic heterocycles. The zero-order chi connectivity index (χ0) is 17.2. The molecule has 5 nitrogen and oxygen atoms in total. The van der Waals surface area contributed by atoms with E-state index >= 15 is 0 Å². The van der Waals surface area contributed by atoms with E-state index in [0.29, 0.717) is 17.3 Å². The zero-order valence-electron chi connectivity index (χ0n) is 14.2. The van der Waals surface area contributed by atoms with Crippen LogP contribution in [0.15, 0.2) is 21.7 Å². The summed E-state index contributed by atoms with van der Waals surface area (Å²) in [5.74, 6) is 0.540. The van der Waals surface area contributed by atoms with Gasteiger partial charge in [-0.3, -0.25) is 4.79 Å². The third-order valence-corrected chi connectivity index (χ3v) is 8.62. The van der Waals surface area contributed by atoms with E-state index in [1.54, 1.807) is 21.8 Å². The SMILES string of the molecule is C[C@@H](C(=O)N1CCCCC1)C1CCN(S(=O)(=O)c2cccs2)CC1. The molecule has 2 aliphatic rings. The van der Waals surface area contributed by atoms with Gasteiger partial charge in [0.25, 0.3) is 10.0 Å². The van der Waals surface area contributed by atoms with Crippen LogP contribution >= 0.6 is 11.3 Å². The van der Waals surface area contributed by atoms with E-state index in [9.17, 15) is 13.2 Å². The number of likely N-dealkylation sites (tertiary alicyclic amines) is 1. The molecule has 7 heteroatoms. The number of hydrogen-bond acceptors (Lipinski definition) is 4. The Morgan fingerprint density at radius 1 is 1.17 bits per heavy atom. The van der Waals surface area contributed by atoms with Crippen LogP contribution in [0.4, 0.5) is 0 Å². The van der Waals surface area contributed by atoms with Crippen molar-refractivity contribution >= 4 is 27.3 Å². The highest BCUT2D eigenvalue weighted by Crippen LogP contribution is 2.31. The van der Waals surface area contributed by atoms with Crippen LogP contribution in [0.2, 0.25) is 0 Å². The average molecular weight is 371 g/mol. The van der Waals surface area contributed by atoms with Gasteiger partial charge < -0.3 is 4.90 Å². The highest BCUT2D eigenvalue weighted by molar-refractivity contribution is 7.91. The van der Waals surface area contributed by atoms with E-state index in [2.05, 4.69) is 0 Å². The summed E-state index contributed by atoms with van der Waals surface area (Å²) in [5, 5.41) is 1.79. The number of thiophene rings is 1. The third kappa shape index (κ3) is 3.68. The van der Waals surface area contributed by atoms with Crippen molar-refractivity contribution in [1.29, 1.82) is 0 Å². The summed E-state index contributed by atoms with van der Waals surface area (Å²) < 4.78 is 27.1. The number of sulfonamides is 1. The monoisotopic (exact) mass is 370 g/mol. The van der Waals surface area contributed by atoms with E-state index < -0.39 is 10.0 Å².